The number of aromatic carboxylic acids is 1. The SMILES string of the molecule is CCn1cncc1Cn1c(CN2CCc3cc(C)c(OCc4ccc(Cl)cc4F)cc3C2)nc2ccc(C(=O)O)cc21. The number of carboxylic acid groups (broad SMARTS) is 1. The molecule has 5 aromatic rings. The summed E-state index contributed by atoms with van der Waals surface area (Å²) in [6.45, 7) is 7.67. The van der Waals surface area contributed by atoms with Gasteiger partial charge in [0.05, 0.1) is 41.7 Å². The van der Waals surface area contributed by atoms with E-state index in [1.165, 1.54) is 17.2 Å². The van der Waals surface area contributed by atoms with Crippen molar-refractivity contribution in [1.29, 1.82) is 0 Å². The summed E-state index contributed by atoms with van der Waals surface area (Å²) in [5.74, 6) is 0.238. The second-order valence-electron chi connectivity index (χ2n) is 10.7. The van der Waals surface area contributed by atoms with E-state index in [0.29, 0.717) is 30.2 Å². The van der Waals surface area contributed by atoms with E-state index < -0.39 is 5.97 Å². The number of halogens is 2. The zero-order chi connectivity index (χ0) is 29.4. The molecule has 6 rings (SSSR count). The lowest BCUT2D eigenvalue weighted by atomic mass is 9.97. The van der Waals surface area contributed by atoms with Crippen LogP contribution in [0.4, 0.5) is 4.39 Å². The summed E-state index contributed by atoms with van der Waals surface area (Å²) >= 11 is 5.89. The number of aryl methyl sites for hydroxylation is 2. The van der Waals surface area contributed by atoms with Crippen LogP contribution in [0.3, 0.4) is 0 Å². The molecular weight excluding hydrogens is 557 g/mol. The lowest BCUT2D eigenvalue weighted by Crippen LogP contribution is -2.31. The third-order valence-electron chi connectivity index (χ3n) is 7.89. The third kappa shape index (κ3) is 5.62. The molecule has 3 heterocycles. The predicted octanol–water partition coefficient (Wildman–Crippen LogP) is 6.24. The Bertz CT molecular complexity index is 1800. The molecule has 3 aromatic carbocycles. The van der Waals surface area contributed by atoms with Gasteiger partial charge in [0.15, 0.2) is 0 Å². The van der Waals surface area contributed by atoms with Gasteiger partial charge in [-0.3, -0.25) is 4.90 Å². The number of carbonyl (C=O) groups is 1. The number of benzene rings is 3. The first-order valence-electron chi connectivity index (χ1n) is 13.9. The fourth-order valence-corrected chi connectivity index (χ4v) is 5.74. The predicted molar refractivity (Wildman–Crippen MR) is 158 cm³/mol. The van der Waals surface area contributed by atoms with Crippen molar-refractivity contribution in [2.45, 2.75) is 53.1 Å². The molecule has 10 heteroatoms. The Balaban J connectivity index is 1.26. The normalized spacial score (nSPS) is 13.4. The largest absolute Gasteiger partial charge is 0.489 e. The smallest absolute Gasteiger partial charge is 0.335 e. The molecule has 42 heavy (non-hydrogen) atoms. The molecule has 0 spiro atoms. The highest BCUT2D eigenvalue weighted by Gasteiger charge is 2.22. The highest BCUT2D eigenvalue weighted by Crippen LogP contribution is 2.30. The van der Waals surface area contributed by atoms with Crippen molar-refractivity contribution in [3.05, 3.63) is 111 Å². The monoisotopic (exact) mass is 587 g/mol. The van der Waals surface area contributed by atoms with Crippen LogP contribution in [0.15, 0.2) is 61.1 Å². The molecule has 0 radical (unpaired) electrons. The van der Waals surface area contributed by atoms with Gasteiger partial charge in [-0.1, -0.05) is 23.7 Å². The van der Waals surface area contributed by atoms with Crippen molar-refractivity contribution in [1.82, 2.24) is 24.0 Å². The fraction of sp³-hybridized carbons (Fsp3) is 0.281. The number of hydrogen-bond acceptors (Lipinski definition) is 5. The van der Waals surface area contributed by atoms with Gasteiger partial charge in [0.1, 0.15) is 24.0 Å². The molecule has 0 fully saturated rings. The van der Waals surface area contributed by atoms with Crippen LogP contribution in [-0.4, -0.2) is 41.6 Å². The quantitative estimate of drug-likeness (QED) is 0.220. The molecule has 0 saturated heterocycles. The van der Waals surface area contributed by atoms with Crippen LogP contribution in [0.5, 0.6) is 5.75 Å². The van der Waals surface area contributed by atoms with Crippen LogP contribution in [0, 0.1) is 12.7 Å². The maximum Gasteiger partial charge on any atom is 0.335 e. The summed E-state index contributed by atoms with van der Waals surface area (Å²) in [7, 11) is 0. The molecule has 0 atom stereocenters. The molecule has 8 nitrogen and oxygen atoms in total. The topological polar surface area (TPSA) is 85.4 Å². The molecule has 0 bridgehead atoms. The van der Waals surface area contributed by atoms with Gasteiger partial charge in [0.2, 0.25) is 0 Å². The van der Waals surface area contributed by atoms with Crippen LogP contribution in [0.1, 0.15) is 51.1 Å². The van der Waals surface area contributed by atoms with Crippen molar-refractivity contribution >= 4 is 28.6 Å². The molecular formula is C32H31ClFN5O3. The number of hydrogen-bond donors (Lipinski definition) is 1. The summed E-state index contributed by atoms with van der Waals surface area (Å²) in [6, 6.07) is 13.9. The Hall–Kier alpha value is -4.21. The van der Waals surface area contributed by atoms with E-state index >= 15 is 0 Å². The van der Waals surface area contributed by atoms with Gasteiger partial charge >= 0.3 is 5.97 Å². The van der Waals surface area contributed by atoms with Gasteiger partial charge < -0.3 is 19.0 Å². The van der Waals surface area contributed by atoms with E-state index in [-0.39, 0.29) is 18.0 Å². The zero-order valence-corrected chi connectivity index (χ0v) is 24.2. The average Bonchev–Trinajstić information content (AvgIpc) is 3.56. The van der Waals surface area contributed by atoms with Crippen molar-refractivity contribution in [2.24, 2.45) is 0 Å². The molecule has 2 aromatic heterocycles. The van der Waals surface area contributed by atoms with E-state index in [4.69, 9.17) is 21.3 Å². The minimum absolute atomic E-state index is 0.114. The number of ether oxygens (including phenoxy) is 1. The first-order chi connectivity index (χ1) is 20.3. The van der Waals surface area contributed by atoms with Gasteiger partial charge in [-0.25, -0.2) is 19.2 Å². The van der Waals surface area contributed by atoms with Crippen molar-refractivity contribution in [3.8, 4) is 5.75 Å². The zero-order valence-electron chi connectivity index (χ0n) is 23.5. The minimum Gasteiger partial charge on any atom is -0.489 e. The van der Waals surface area contributed by atoms with Gasteiger partial charge in [-0.15, -0.1) is 0 Å². The van der Waals surface area contributed by atoms with Crippen LogP contribution in [-0.2, 0) is 39.2 Å². The Morgan fingerprint density at radius 2 is 1.98 bits per heavy atom. The molecule has 0 amide bonds. The van der Waals surface area contributed by atoms with Crippen molar-refractivity contribution in [3.63, 3.8) is 0 Å². The standard InChI is InChI=1S/C32H31ClFN5O3/c1-3-38-19-35-14-26(38)16-39-29-11-22(32(40)41)5-7-28(29)36-31(39)17-37-9-8-21-10-20(2)30(12-24(21)15-37)42-18-23-4-6-25(33)13-27(23)34/h4-7,10-14,19H,3,8-9,15-18H2,1-2H3,(H,40,41). The fourth-order valence-electron chi connectivity index (χ4n) is 5.58. The highest BCUT2D eigenvalue weighted by atomic mass is 35.5. The van der Waals surface area contributed by atoms with E-state index in [9.17, 15) is 14.3 Å². The highest BCUT2D eigenvalue weighted by molar-refractivity contribution is 6.30. The molecule has 0 unspecified atom stereocenters. The maximum atomic E-state index is 14.3. The minimum atomic E-state index is -0.968. The summed E-state index contributed by atoms with van der Waals surface area (Å²) in [5.41, 5.74) is 6.71. The number of rotatable bonds is 9. The second kappa shape index (κ2) is 11.6. The number of imidazole rings is 2. The summed E-state index contributed by atoms with van der Waals surface area (Å²) in [4.78, 5) is 23.3. The number of carboxylic acids is 1. The molecule has 216 valence electrons. The Kier molecular flexibility index (Phi) is 7.70. The van der Waals surface area contributed by atoms with Crippen LogP contribution >= 0.6 is 11.6 Å². The van der Waals surface area contributed by atoms with E-state index in [0.717, 1.165) is 53.4 Å². The molecule has 0 aliphatic carbocycles. The molecule has 1 N–H and O–H groups in total. The van der Waals surface area contributed by atoms with Crippen molar-refractivity contribution < 1.29 is 19.0 Å². The van der Waals surface area contributed by atoms with Gasteiger partial charge in [-0.05, 0) is 73.4 Å². The molecule has 0 saturated carbocycles. The number of nitrogens with zero attached hydrogens (tertiary/aromatic N) is 5. The van der Waals surface area contributed by atoms with E-state index in [2.05, 4.69) is 38.1 Å². The van der Waals surface area contributed by atoms with Crippen LogP contribution < -0.4 is 4.74 Å². The summed E-state index contributed by atoms with van der Waals surface area (Å²) in [6.07, 6.45) is 4.53. The van der Waals surface area contributed by atoms with Gasteiger partial charge in [0, 0.05) is 36.4 Å². The Morgan fingerprint density at radius 1 is 1.12 bits per heavy atom. The Labute approximate surface area is 248 Å². The average molecular weight is 588 g/mol. The third-order valence-corrected chi connectivity index (χ3v) is 8.12. The van der Waals surface area contributed by atoms with Crippen LogP contribution in [0.2, 0.25) is 5.02 Å². The first kappa shape index (κ1) is 27.9. The summed E-state index contributed by atoms with van der Waals surface area (Å²) < 4.78 is 24.5. The maximum absolute atomic E-state index is 14.3. The lowest BCUT2D eigenvalue weighted by molar-refractivity contribution is 0.0697. The lowest BCUT2D eigenvalue weighted by Gasteiger charge is -2.29. The van der Waals surface area contributed by atoms with Crippen molar-refractivity contribution in [2.75, 3.05) is 6.54 Å². The Morgan fingerprint density at radius 3 is 2.76 bits per heavy atom. The van der Waals surface area contributed by atoms with Crippen LogP contribution in [0.25, 0.3) is 11.0 Å². The number of aromatic nitrogens is 4. The van der Waals surface area contributed by atoms with Gasteiger partial charge in [0.25, 0.3) is 0 Å². The molecule has 1 aliphatic heterocycles. The summed E-state index contributed by atoms with van der Waals surface area (Å²) in [5, 5.41) is 9.97. The number of fused-ring (bicyclic) bond motifs is 2. The van der Waals surface area contributed by atoms with E-state index in [1.807, 2.05) is 13.1 Å². The molecule has 1 aliphatic rings. The first-order valence-corrected chi connectivity index (χ1v) is 14.3. The second-order valence-corrected chi connectivity index (χ2v) is 11.1. The van der Waals surface area contributed by atoms with E-state index in [1.54, 1.807) is 36.7 Å². The van der Waals surface area contributed by atoms with Gasteiger partial charge in [-0.2, -0.15) is 0 Å².